The van der Waals surface area contributed by atoms with E-state index in [1.165, 1.54) is 7.11 Å². The van der Waals surface area contributed by atoms with Crippen molar-refractivity contribution in [3.63, 3.8) is 0 Å². The monoisotopic (exact) mass is 525 g/mol. The van der Waals surface area contributed by atoms with Gasteiger partial charge in [0.25, 0.3) is 0 Å². The number of carbonyl (C=O) groups is 1. The molecule has 36 heavy (non-hydrogen) atoms. The molecule has 0 unspecified atom stereocenters. The summed E-state index contributed by atoms with van der Waals surface area (Å²) in [5.74, 6) is 1.02. The van der Waals surface area contributed by atoms with Gasteiger partial charge in [-0.15, -0.1) is 0 Å². The van der Waals surface area contributed by atoms with E-state index < -0.39 is 5.97 Å². The van der Waals surface area contributed by atoms with Crippen LogP contribution in [-0.2, 0) is 17.8 Å². The van der Waals surface area contributed by atoms with E-state index in [1.54, 1.807) is 49.4 Å². The Labute approximate surface area is 216 Å². The average molecular weight is 526 g/mol. The van der Waals surface area contributed by atoms with Crippen LogP contribution in [-0.4, -0.2) is 24.7 Å². The third-order valence-corrected chi connectivity index (χ3v) is 6.65. The van der Waals surface area contributed by atoms with Crippen molar-refractivity contribution in [3.8, 4) is 17.2 Å². The zero-order chi connectivity index (χ0) is 25.4. The van der Waals surface area contributed by atoms with Gasteiger partial charge in [-0.05, 0) is 61.0 Å². The van der Waals surface area contributed by atoms with Crippen molar-refractivity contribution < 1.29 is 23.4 Å². The molecule has 1 aliphatic heterocycles. The van der Waals surface area contributed by atoms with Crippen LogP contribution in [0.2, 0.25) is 10.0 Å². The molecule has 3 aromatic carbocycles. The number of hydrogen-bond donors (Lipinski definition) is 0. The number of rotatable bonds is 5. The van der Waals surface area contributed by atoms with Gasteiger partial charge < -0.3 is 18.6 Å². The Kier molecular flexibility index (Phi) is 6.62. The van der Waals surface area contributed by atoms with Crippen LogP contribution < -0.4 is 14.9 Å². The largest absolute Gasteiger partial charge is 0.478 e. The molecule has 0 bridgehead atoms. The lowest BCUT2D eigenvalue weighted by molar-refractivity contribution is 0.0600. The summed E-state index contributed by atoms with van der Waals surface area (Å²) >= 11 is 12.2. The van der Waals surface area contributed by atoms with Gasteiger partial charge >= 0.3 is 5.97 Å². The summed E-state index contributed by atoms with van der Waals surface area (Å²) in [5, 5.41) is 1.38. The number of carbonyl (C=O) groups excluding carboxylic acids is 1. The number of esters is 1. The maximum absolute atomic E-state index is 13.4. The lowest BCUT2D eigenvalue weighted by Gasteiger charge is -2.29. The molecule has 0 atom stereocenters. The first kappa shape index (κ1) is 24.2. The number of hydrogen-bond acceptors (Lipinski definition) is 7. The van der Waals surface area contributed by atoms with Gasteiger partial charge in [-0.2, -0.15) is 0 Å². The third kappa shape index (κ3) is 4.65. The standard InChI is InChI=1S/C27H21Cl2NO6/c1-15-25(36-18-6-4-17(5-7-18)27(32)33-2)24(31)19-8-10-23-20(26(19)35-15)13-30(14-34-23)12-16-3-9-21(28)22(29)11-16/h3-11H,12-14H2,1-2H3. The van der Waals surface area contributed by atoms with Gasteiger partial charge in [0.1, 0.15) is 29.6 Å². The summed E-state index contributed by atoms with van der Waals surface area (Å²) in [5.41, 5.74) is 2.32. The van der Waals surface area contributed by atoms with Crippen LogP contribution >= 0.6 is 23.2 Å². The Morgan fingerprint density at radius 2 is 1.83 bits per heavy atom. The molecule has 5 rings (SSSR count). The van der Waals surface area contributed by atoms with E-state index in [9.17, 15) is 9.59 Å². The molecule has 0 radical (unpaired) electrons. The molecule has 0 spiro atoms. The minimum Gasteiger partial charge on any atom is -0.478 e. The molecule has 9 heteroatoms. The van der Waals surface area contributed by atoms with Crippen molar-refractivity contribution in [1.29, 1.82) is 0 Å². The number of halogens is 2. The summed E-state index contributed by atoms with van der Waals surface area (Å²) in [6.45, 7) is 3.16. The Morgan fingerprint density at radius 1 is 1.06 bits per heavy atom. The quantitative estimate of drug-likeness (QED) is 0.281. The lowest BCUT2D eigenvalue weighted by Crippen LogP contribution is -2.31. The predicted octanol–water partition coefficient (Wildman–Crippen LogP) is 6.34. The SMILES string of the molecule is COC(=O)c1ccc(Oc2c(C)oc3c4c(ccc3c2=O)OCN(Cc2ccc(Cl)c(Cl)c2)C4)cc1. The summed E-state index contributed by atoms with van der Waals surface area (Å²) in [7, 11) is 1.31. The lowest BCUT2D eigenvalue weighted by atomic mass is 10.1. The van der Waals surface area contributed by atoms with Crippen LogP contribution in [0.1, 0.15) is 27.2 Å². The van der Waals surface area contributed by atoms with E-state index in [1.807, 2.05) is 12.1 Å². The molecular formula is C27H21Cl2NO6. The second-order valence-corrected chi connectivity index (χ2v) is 9.18. The third-order valence-electron chi connectivity index (χ3n) is 5.91. The van der Waals surface area contributed by atoms with Crippen LogP contribution in [0.5, 0.6) is 17.2 Å². The number of methoxy groups -OCH3 is 1. The fourth-order valence-corrected chi connectivity index (χ4v) is 4.43. The van der Waals surface area contributed by atoms with Crippen molar-refractivity contribution in [2.45, 2.75) is 20.0 Å². The Bertz CT molecular complexity index is 1530. The second kappa shape index (κ2) is 9.85. The first-order chi connectivity index (χ1) is 17.3. The topological polar surface area (TPSA) is 78.2 Å². The molecule has 184 valence electrons. The van der Waals surface area contributed by atoms with Gasteiger partial charge in [0, 0.05) is 13.1 Å². The van der Waals surface area contributed by atoms with E-state index in [0.29, 0.717) is 63.7 Å². The smallest absolute Gasteiger partial charge is 0.337 e. The minimum atomic E-state index is -0.455. The van der Waals surface area contributed by atoms with E-state index in [-0.39, 0.29) is 11.2 Å². The van der Waals surface area contributed by atoms with Gasteiger partial charge in [0.15, 0.2) is 0 Å². The van der Waals surface area contributed by atoms with Crippen LogP contribution in [0.25, 0.3) is 11.0 Å². The molecule has 1 aromatic heterocycles. The zero-order valence-electron chi connectivity index (χ0n) is 19.5. The highest BCUT2D eigenvalue weighted by atomic mass is 35.5. The Balaban J connectivity index is 1.44. The van der Waals surface area contributed by atoms with Crippen molar-refractivity contribution in [2.75, 3.05) is 13.8 Å². The van der Waals surface area contributed by atoms with E-state index in [2.05, 4.69) is 4.90 Å². The van der Waals surface area contributed by atoms with Gasteiger partial charge in [-0.1, -0.05) is 29.3 Å². The van der Waals surface area contributed by atoms with Crippen LogP contribution in [0.4, 0.5) is 0 Å². The maximum atomic E-state index is 13.4. The van der Waals surface area contributed by atoms with Gasteiger partial charge in [-0.25, -0.2) is 4.79 Å². The Hall–Kier alpha value is -3.52. The zero-order valence-corrected chi connectivity index (χ0v) is 21.0. The average Bonchev–Trinajstić information content (AvgIpc) is 2.88. The highest BCUT2D eigenvalue weighted by Crippen LogP contribution is 2.35. The molecule has 0 amide bonds. The van der Waals surface area contributed by atoms with Crippen LogP contribution in [0, 0.1) is 6.92 Å². The van der Waals surface area contributed by atoms with E-state index in [0.717, 1.165) is 11.1 Å². The Morgan fingerprint density at radius 3 is 2.56 bits per heavy atom. The molecule has 2 heterocycles. The fraction of sp³-hybridized carbons (Fsp3) is 0.185. The number of ether oxygens (including phenoxy) is 3. The molecule has 0 saturated heterocycles. The van der Waals surface area contributed by atoms with Gasteiger partial charge in [0.05, 0.1) is 33.7 Å². The predicted molar refractivity (Wildman–Crippen MR) is 136 cm³/mol. The highest BCUT2D eigenvalue weighted by molar-refractivity contribution is 6.42. The minimum absolute atomic E-state index is 0.0812. The van der Waals surface area contributed by atoms with Crippen molar-refractivity contribution in [1.82, 2.24) is 4.90 Å². The second-order valence-electron chi connectivity index (χ2n) is 8.36. The fourth-order valence-electron chi connectivity index (χ4n) is 4.11. The maximum Gasteiger partial charge on any atom is 0.337 e. The van der Waals surface area contributed by atoms with Gasteiger partial charge in [0.2, 0.25) is 11.2 Å². The first-order valence-corrected chi connectivity index (χ1v) is 11.8. The highest BCUT2D eigenvalue weighted by Gasteiger charge is 2.24. The van der Waals surface area contributed by atoms with Crippen molar-refractivity contribution >= 4 is 40.1 Å². The number of aryl methyl sites for hydroxylation is 1. The van der Waals surface area contributed by atoms with E-state index in [4.69, 9.17) is 41.8 Å². The molecule has 0 fully saturated rings. The first-order valence-electron chi connectivity index (χ1n) is 11.1. The number of benzene rings is 3. The normalized spacial score (nSPS) is 13.2. The summed E-state index contributed by atoms with van der Waals surface area (Å²) in [6.07, 6.45) is 0. The molecule has 0 saturated carbocycles. The van der Waals surface area contributed by atoms with E-state index >= 15 is 0 Å². The molecule has 7 nitrogen and oxygen atoms in total. The molecular weight excluding hydrogens is 505 g/mol. The summed E-state index contributed by atoms with van der Waals surface area (Å²) in [4.78, 5) is 27.1. The molecule has 0 N–H and O–H groups in total. The molecule has 4 aromatic rings. The van der Waals surface area contributed by atoms with Gasteiger partial charge in [-0.3, -0.25) is 9.69 Å². The van der Waals surface area contributed by atoms with Crippen molar-refractivity contribution in [2.24, 2.45) is 0 Å². The van der Waals surface area contributed by atoms with Crippen LogP contribution in [0.3, 0.4) is 0 Å². The summed E-state index contributed by atoms with van der Waals surface area (Å²) in [6, 6.07) is 15.3. The number of fused-ring (bicyclic) bond motifs is 3. The summed E-state index contributed by atoms with van der Waals surface area (Å²) < 4.78 is 22.6. The van der Waals surface area contributed by atoms with Crippen LogP contribution in [0.15, 0.2) is 63.8 Å². The van der Waals surface area contributed by atoms with Crippen molar-refractivity contribution in [3.05, 3.63) is 97.3 Å². The molecule has 0 aliphatic carbocycles. The molecule has 1 aliphatic rings. The number of nitrogens with zero attached hydrogens (tertiary/aromatic N) is 1.